The van der Waals surface area contributed by atoms with E-state index in [1.54, 1.807) is 6.07 Å². The molecule has 6 heteroatoms. The van der Waals surface area contributed by atoms with Crippen molar-refractivity contribution in [3.63, 3.8) is 0 Å². The standard InChI is InChI=1S/C14H13Cl2N3O/c15-11-3-1-2-10(14(11)16)12-4-5-13(18-17-12)19-6-8-20-9-7-19/h1-5H,6-9H2. The Kier molecular flexibility index (Phi) is 4.05. The molecule has 0 unspecified atom stereocenters. The minimum atomic E-state index is 0.502. The second-order valence-electron chi connectivity index (χ2n) is 4.48. The normalized spacial score (nSPS) is 15.4. The summed E-state index contributed by atoms with van der Waals surface area (Å²) in [5.74, 6) is 0.857. The summed E-state index contributed by atoms with van der Waals surface area (Å²) in [5, 5.41) is 9.54. The summed E-state index contributed by atoms with van der Waals surface area (Å²) in [6.45, 7) is 3.13. The molecule has 0 atom stereocenters. The molecule has 20 heavy (non-hydrogen) atoms. The van der Waals surface area contributed by atoms with Crippen molar-refractivity contribution in [2.24, 2.45) is 0 Å². The highest BCUT2D eigenvalue weighted by molar-refractivity contribution is 6.43. The number of hydrogen-bond donors (Lipinski definition) is 0. The Balaban J connectivity index is 1.87. The average molecular weight is 310 g/mol. The van der Waals surface area contributed by atoms with Crippen LogP contribution in [-0.2, 0) is 4.74 Å². The minimum Gasteiger partial charge on any atom is -0.378 e. The molecule has 1 aliphatic heterocycles. The Bertz CT molecular complexity index is 598. The first-order valence-corrected chi connectivity index (χ1v) is 7.12. The van der Waals surface area contributed by atoms with E-state index in [2.05, 4.69) is 15.1 Å². The van der Waals surface area contributed by atoms with Crippen LogP contribution in [0.3, 0.4) is 0 Å². The summed E-state index contributed by atoms with van der Waals surface area (Å²) in [7, 11) is 0. The zero-order valence-electron chi connectivity index (χ0n) is 10.7. The molecule has 1 aliphatic rings. The van der Waals surface area contributed by atoms with E-state index in [0.29, 0.717) is 10.0 Å². The summed E-state index contributed by atoms with van der Waals surface area (Å²) in [5.41, 5.74) is 1.51. The summed E-state index contributed by atoms with van der Waals surface area (Å²) in [4.78, 5) is 2.15. The highest BCUT2D eigenvalue weighted by Crippen LogP contribution is 2.32. The quantitative estimate of drug-likeness (QED) is 0.853. The fraction of sp³-hybridized carbons (Fsp3) is 0.286. The lowest BCUT2D eigenvalue weighted by Gasteiger charge is -2.27. The van der Waals surface area contributed by atoms with E-state index in [1.807, 2.05) is 24.3 Å². The van der Waals surface area contributed by atoms with Crippen LogP contribution in [0.4, 0.5) is 5.82 Å². The van der Waals surface area contributed by atoms with E-state index in [0.717, 1.165) is 43.4 Å². The Morgan fingerprint density at radius 1 is 1.00 bits per heavy atom. The van der Waals surface area contributed by atoms with Crippen molar-refractivity contribution in [2.75, 3.05) is 31.2 Å². The molecule has 1 fully saturated rings. The fourth-order valence-electron chi connectivity index (χ4n) is 2.13. The molecule has 0 spiro atoms. The van der Waals surface area contributed by atoms with Crippen molar-refractivity contribution in [1.82, 2.24) is 10.2 Å². The van der Waals surface area contributed by atoms with E-state index >= 15 is 0 Å². The van der Waals surface area contributed by atoms with Gasteiger partial charge in [0.2, 0.25) is 0 Å². The molecule has 3 rings (SSSR count). The predicted molar refractivity (Wildman–Crippen MR) is 80.5 cm³/mol. The Labute approximate surface area is 127 Å². The van der Waals surface area contributed by atoms with Crippen LogP contribution in [-0.4, -0.2) is 36.5 Å². The summed E-state index contributed by atoms with van der Waals surface area (Å²) in [6.07, 6.45) is 0. The van der Waals surface area contributed by atoms with Gasteiger partial charge in [-0.2, -0.15) is 0 Å². The van der Waals surface area contributed by atoms with Crippen molar-refractivity contribution in [1.29, 1.82) is 0 Å². The van der Waals surface area contributed by atoms with Crippen LogP contribution < -0.4 is 4.90 Å². The number of morpholine rings is 1. The minimum absolute atomic E-state index is 0.502. The molecule has 0 bridgehead atoms. The third kappa shape index (κ3) is 2.73. The van der Waals surface area contributed by atoms with Crippen LogP contribution in [0.2, 0.25) is 10.0 Å². The SMILES string of the molecule is Clc1cccc(-c2ccc(N3CCOCC3)nn2)c1Cl. The van der Waals surface area contributed by atoms with Crippen molar-refractivity contribution in [3.8, 4) is 11.3 Å². The van der Waals surface area contributed by atoms with E-state index in [4.69, 9.17) is 27.9 Å². The van der Waals surface area contributed by atoms with Crippen LogP contribution >= 0.6 is 23.2 Å². The highest BCUT2D eigenvalue weighted by atomic mass is 35.5. The molecule has 1 saturated heterocycles. The van der Waals surface area contributed by atoms with Gasteiger partial charge in [0.05, 0.1) is 29.0 Å². The molecule has 2 aromatic rings. The van der Waals surface area contributed by atoms with Crippen LogP contribution in [0.5, 0.6) is 0 Å². The Hall–Kier alpha value is -1.36. The second kappa shape index (κ2) is 5.95. The summed E-state index contributed by atoms with van der Waals surface area (Å²) >= 11 is 12.2. The molecular formula is C14H13Cl2N3O. The molecule has 104 valence electrons. The zero-order valence-corrected chi connectivity index (χ0v) is 12.2. The fourth-order valence-corrected chi connectivity index (χ4v) is 2.53. The smallest absolute Gasteiger partial charge is 0.151 e. The van der Waals surface area contributed by atoms with Gasteiger partial charge in [-0.1, -0.05) is 35.3 Å². The summed E-state index contributed by atoms with van der Waals surface area (Å²) in [6, 6.07) is 9.34. The largest absolute Gasteiger partial charge is 0.378 e. The molecule has 2 heterocycles. The lowest BCUT2D eigenvalue weighted by Crippen LogP contribution is -2.36. The van der Waals surface area contributed by atoms with Gasteiger partial charge in [-0.3, -0.25) is 0 Å². The maximum Gasteiger partial charge on any atom is 0.151 e. The molecule has 0 saturated carbocycles. The number of halogens is 2. The Morgan fingerprint density at radius 3 is 2.50 bits per heavy atom. The third-order valence-electron chi connectivity index (χ3n) is 3.21. The van der Waals surface area contributed by atoms with Crippen molar-refractivity contribution in [3.05, 3.63) is 40.4 Å². The van der Waals surface area contributed by atoms with Gasteiger partial charge < -0.3 is 9.64 Å². The molecule has 1 aromatic carbocycles. The topological polar surface area (TPSA) is 38.2 Å². The monoisotopic (exact) mass is 309 g/mol. The van der Waals surface area contributed by atoms with E-state index in [1.165, 1.54) is 0 Å². The number of rotatable bonds is 2. The Morgan fingerprint density at radius 2 is 1.80 bits per heavy atom. The molecule has 0 aliphatic carbocycles. The van der Waals surface area contributed by atoms with Crippen molar-refractivity contribution < 1.29 is 4.74 Å². The van der Waals surface area contributed by atoms with Crippen molar-refractivity contribution >= 4 is 29.0 Å². The van der Waals surface area contributed by atoms with Gasteiger partial charge in [0.15, 0.2) is 5.82 Å². The van der Waals surface area contributed by atoms with Crippen LogP contribution in [0.25, 0.3) is 11.3 Å². The number of aromatic nitrogens is 2. The average Bonchev–Trinajstić information content (AvgIpc) is 2.51. The van der Waals surface area contributed by atoms with Crippen LogP contribution in [0.1, 0.15) is 0 Å². The first-order chi connectivity index (χ1) is 9.75. The van der Waals surface area contributed by atoms with E-state index < -0.39 is 0 Å². The number of nitrogens with zero attached hydrogens (tertiary/aromatic N) is 3. The highest BCUT2D eigenvalue weighted by Gasteiger charge is 2.14. The molecular weight excluding hydrogens is 297 g/mol. The van der Waals surface area contributed by atoms with Crippen LogP contribution in [0.15, 0.2) is 30.3 Å². The van der Waals surface area contributed by atoms with Crippen LogP contribution in [0, 0.1) is 0 Å². The number of hydrogen-bond acceptors (Lipinski definition) is 4. The van der Waals surface area contributed by atoms with E-state index in [-0.39, 0.29) is 0 Å². The predicted octanol–water partition coefficient (Wildman–Crippen LogP) is 3.29. The summed E-state index contributed by atoms with van der Waals surface area (Å²) < 4.78 is 5.32. The number of benzene rings is 1. The molecule has 1 aromatic heterocycles. The molecule has 0 N–H and O–H groups in total. The zero-order chi connectivity index (χ0) is 13.9. The number of ether oxygens (including phenoxy) is 1. The first kappa shape index (κ1) is 13.6. The molecule has 0 radical (unpaired) electrons. The molecule has 4 nitrogen and oxygen atoms in total. The maximum absolute atomic E-state index is 6.19. The third-order valence-corrected chi connectivity index (χ3v) is 4.03. The van der Waals surface area contributed by atoms with Gasteiger partial charge in [0.25, 0.3) is 0 Å². The van der Waals surface area contributed by atoms with E-state index in [9.17, 15) is 0 Å². The second-order valence-corrected chi connectivity index (χ2v) is 5.26. The van der Waals surface area contributed by atoms with Gasteiger partial charge in [-0.15, -0.1) is 10.2 Å². The molecule has 0 amide bonds. The van der Waals surface area contributed by atoms with Gasteiger partial charge in [0, 0.05) is 18.7 Å². The van der Waals surface area contributed by atoms with Gasteiger partial charge in [0.1, 0.15) is 0 Å². The maximum atomic E-state index is 6.19. The van der Waals surface area contributed by atoms with Gasteiger partial charge >= 0.3 is 0 Å². The number of anilines is 1. The van der Waals surface area contributed by atoms with Crippen molar-refractivity contribution in [2.45, 2.75) is 0 Å². The van der Waals surface area contributed by atoms with Gasteiger partial charge in [-0.25, -0.2) is 0 Å². The van der Waals surface area contributed by atoms with Gasteiger partial charge in [-0.05, 0) is 18.2 Å². The lowest BCUT2D eigenvalue weighted by atomic mass is 10.1. The first-order valence-electron chi connectivity index (χ1n) is 6.36. The lowest BCUT2D eigenvalue weighted by molar-refractivity contribution is 0.122.